The van der Waals surface area contributed by atoms with Gasteiger partial charge in [0.15, 0.2) is 9.84 Å². The van der Waals surface area contributed by atoms with Gasteiger partial charge < -0.3 is 9.84 Å². The fourth-order valence-corrected chi connectivity index (χ4v) is 6.90. The standard InChI is InChI=1S/C19H20N4O6S3/c24-17(7-8-18-21-19(22-29-18)16-2-1-10-30-16)20-13-3-5-15(6-4-13)32(27,28)23-14-9-11-31(25,26)12-14/h1-6,10,14,23H,7-9,11-12H2,(H,20,24). The maximum absolute atomic E-state index is 12.5. The zero-order valence-corrected chi connectivity index (χ0v) is 19.2. The van der Waals surface area contributed by atoms with E-state index in [1.54, 1.807) is 0 Å². The molecule has 1 aliphatic rings. The summed E-state index contributed by atoms with van der Waals surface area (Å²) in [6.45, 7) is 0. The molecule has 32 heavy (non-hydrogen) atoms. The minimum atomic E-state index is -3.86. The van der Waals surface area contributed by atoms with Crippen LogP contribution < -0.4 is 10.0 Å². The molecule has 1 saturated heterocycles. The number of sulfone groups is 1. The first-order valence-corrected chi connectivity index (χ1v) is 13.9. The molecule has 0 saturated carbocycles. The SMILES string of the molecule is O=C(CCc1nc(-c2cccs2)no1)Nc1ccc(S(=O)(=O)NC2CCS(=O)(=O)C2)cc1. The van der Waals surface area contributed by atoms with Crippen molar-refractivity contribution in [3.05, 3.63) is 47.7 Å². The number of amides is 1. The number of rotatable bonds is 8. The van der Waals surface area contributed by atoms with Crippen LogP contribution in [0.5, 0.6) is 0 Å². The molecule has 1 unspecified atom stereocenters. The first-order valence-electron chi connectivity index (χ1n) is 9.69. The molecule has 2 aromatic heterocycles. The van der Waals surface area contributed by atoms with Crippen molar-refractivity contribution in [3.8, 4) is 10.7 Å². The Bertz CT molecular complexity index is 1300. The number of nitrogens with one attached hydrogen (secondary N) is 2. The molecule has 0 spiro atoms. The summed E-state index contributed by atoms with van der Waals surface area (Å²) in [7, 11) is -7.05. The summed E-state index contributed by atoms with van der Waals surface area (Å²) in [5, 5.41) is 8.49. The molecule has 3 aromatic rings. The Morgan fingerprint density at radius 1 is 1.22 bits per heavy atom. The topological polar surface area (TPSA) is 148 Å². The van der Waals surface area contributed by atoms with Crippen molar-refractivity contribution in [3.63, 3.8) is 0 Å². The van der Waals surface area contributed by atoms with Crippen molar-refractivity contribution in [1.29, 1.82) is 0 Å². The number of aromatic nitrogens is 2. The molecule has 0 bridgehead atoms. The van der Waals surface area contributed by atoms with Crippen molar-refractivity contribution >= 4 is 42.8 Å². The van der Waals surface area contributed by atoms with E-state index in [-0.39, 0.29) is 41.6 Å². The predicted molar refractivity (Wildman–Crippen MR) is 118 cm³/mol. The van der Waals surface area contributed by atoms with E-state index in [9.17, 15) is 21.6 Å². The molecule has 10 nitrogen and oxygen atoms in total. The van der Waals surface area contributed by atoms with Gasteiger partial charge in [0.25, 0.3) is 0 Å². The number of aryl methyl sites for hydroxylation is 1. The number of sulfonamides is 1. The zero-order valence-electron chi connectivity index (χ0n) is 16.7. The molecule has 4 rings (SSSR count). The van der Waals surface area contributed by atoms with E-state index in [4.69, 9.17) is 4.52 Å². The number of anilines is 1. The van der Waals surface area contributed by atoms with Crippen molar-refractivity contribution in [2.45, 2.75) is 30.2 Å². The monoisotopic (exact) mass is 496 g/mol. The Morgan fingerprint density at radius 3 is 2.66 bits per heavy atom. The van der Waals surface area contributed by atoms with E-state index >= 15 is 0 Å². The van der Waals surface area contributed by atoms with Crippen molar-refractivity contribution in [2.24, 2.45) is 0 Å². The number of hydrogen-bond acceptors (Lipinski definition) is 9. The average Bonchev–Trinajstić information content (AvgIpc) is 3.47. The molecule has 2 N–H and O–H groups in total. The lowest BCUT2D eigenvalue weighted by atomic mass is 10.2. The Hall–Kier alpha value is -2.61. The van der Waals surface area contributed by atoms with Gasteiger partial charge in [0, 0.05) is 24.6 Å². The fraction of sp³-hybridized carbons (Fsp3) is 0.316. The third kappa shape index (κ3) is 5.59. The molecule has 1 amide bonds. The Morgan fingerprint density at radius 2 is 2.00 bits per heavy atom. The molecule has 3 heterocycles. The maximum Gasteiger partial charge on any atom is 0.240 e. The van der Waals surface area contributed by atoms with Gasteiger partial charge in [-0.15, -0.1) is 11.3 Å². The molecule has 1 aliphatic heterocycles. The number of carbonyl (C=O) groups excluding carboxylic acids is 1. The van der Waals surface area contributed by atoms with Gasteiger partial charge in [-0.2, -0.15) is 4.98 Å². The summed E-state index contributed by atoms with van der Waals surface area (Å²) < 4.78 is 55.6. The zero-order chi connectivity index (χ0) is 22.8. The molecule has 0 radical (unpaired) electrons. The van der Waals surface area contributed by atoms with Crippen LogP contribution in [0.1, 0.15) is 18.7 Å². The van der Waals surface area contributed by atoms with Gasteiger partial charge in [0.1, 0.15) is 0 Å². The Kier molecular flexibility index (Phi) is 6.42. The van der Waals surface area contributed by atoms with Crippen molar-refractivity contribution in [2.75, 3.05) is 16.8 Å². The second kappa shape index (κ2) is 9.10. The van der Waals surface area contributed by atoms with Gasteiger partial charge in [-0.05, 0) is 42.1 Å². The molecule has 0 aliphatic carbocycles. The summed E-state index contributed by atoms with van der Waals surface area (Å²) in [5.74, 6) is 0.325. The second-order valence-electron chi connectivity index (χ2n) is 7.28. The number of thiophene rings is 1. The summed E-state index contributed by atoms with van der Waals surface area (Å²) in [6, 6.07) is 8.78. The molecule has 13 heteroatoms. The Labute approximate surface area is 189 Å². The Balaban J connectivity index is 1.30. The van der Waals surface area contributed by atoms with E-state index < -0.39 is 25.9 Å². The average molecular weight is 497 g/mol. The van der Waals surface area contributed by atoms with Crippen LogP contribution in [0, 0.1) is 0 Å². The van der Waals surface area contributed by atoms with Crippen LogP contribution >= 0.6 is 11.3 Å². The lowest BCUT2D eigenvalue weighted by Crippen LogP contribution is -2.35. The van der Waals surface area contributed by atoms with Gasteiger partial charge in [-0.25, -0.2) is 21.6 Å². The fourth-order valence-electron chi connectivity index (χ4n) is 3.20. The van der Waals surface area contributed by atoms with Crippen LogP contribution in [0.15, 0.2) is 51.2 Å². The van der Waals surface area contributed by atoms with Crippen LogP contribution in [0.2, 0.25) is 0 Å². The van der Waals surface area contributed by atoms with Gasteiger partial charge in [-0.3, -0.25) is 4.79 Å². The van der Waals surface area contributed by atoms with Crippen molar-refractivity contribution < 1.29 is 26.2 Å². The normalized spacial score (nSPS) is 17.9. The van der Waals surface area contributed by atoms with Crippen LogP contribution in [0.3, 0.4) is 0 Å². The largest absolute Gasteiger partial charge is 0.339 e. The van der Waals surface area contributed by atoms with Crippen LogP contribution in [0.25, 0.3) is 10.7 Å². The first kappa shape index (κ1) is 22.6. The smallest absolute Gasteiger partial charge is 0.240 e. The molecule has 1 atom stereocenters. The number of carbonyl (C=O) groups is 1. The highest BCUT2D eigenvalue weighted by atomic mass is 32.2. The maximum atomic E-state index is 12.5. The molecule has 1 aromatic carbocycles. The minimum absolute atomic E-state index is 0.00763. The lowest BCUT2D eigenvalue weighted by Gasteiger charge is -2.12. The quantitative estimate of drug-likeness (QED) is 0.480. The summed E-state index contributed by atoms with van der Waals surface area (Å²) >= 11 is 1.49. The number of benzene rings is 1. The van der Waals surface area contributed by atoms with Gasteiger partial charge in [-0.1, -0.05) is 11.2 Å². The summed E-state index contributed by atoms with van der Waals surface area (Å²) in [4.78, 5) is 17.3. The molecule has 1 fully saturated rings. The van der Waals surface area contributed by atoms with E-state index in [0.29, 0.717) is 17.4 Å². The molecular weight excluding hydrogens is 476 g/mol. The molecular formula is C19H20N4O6S3. The summed E-state index contributed by atoms with van der Waals surface area (Å²) in [6.07, 6.45) is 0.638. The number of hydrogen-bond donors (Lipinski definition) is 2. The highest BCUT2D eigenvalue weighted by Gasteiger charge is 2.31. The van der Waals surface area contributed by atoms with Gasteiger partial charge in [0.2, 0.25) is 27.6 Å². The highest BCUT2D eigenvalue weighted by molar-refractivity contribution is 7.92. The lowest BCUT2D eigenvalue weighted by molar-refractivity contribution is -0.116. The second-order valence-corrected chi connectivity index (χ2v) is 12.2. The van der Waals surface area contributed by atoms with Crippen LogP contribution in [0.4, 0.5) is 5.69 Å². The van der Waals surface area contributed by atoms with Crippen molar-refractivity contribution in [1.82, 2.24) is 14.9 Å². The third-order valence-corrected chi connectivity index (χ3v) is 8.95. The van der Waals surface area contributed by atoms with Gasteiger partial charge in [0.05, 0.1) is 21.3 Å². The third-order valence-electron chi connectivity index (χ3n) is 4.78. The van der Waals surface area contributed by atoms with E-state index in [2.05, 4.69) is 20.2 Å². The van der Waals surface area contributed by atoms with E-state index in [1.165, 1.54) is 35.6 Å². The van der Waals surface area contributed by atoms with E-state index in [0.717, 1.165) is 4.88 Å². The highest BCUT2D eigenvalue weighted by Crippen LogP contribution is 2.22. The molecule has 170 valence electrons. The van der Waals surface area contributed by atoms with E-state index in [1.807, 2.05) is 17.5 Å². The summed E-state index contributed by atoms with van der Waals surface area (Å²) in [5.41, 5.74) is 0.433. The van der Waals surface area contributed by atoms with Gasteiger partial charge >= 0.3 is 0 Å². The minimum Gasteiger partial charge on any atom is -0.339 e. The van der Waals surface area contributed by atoms with Crippen LogP contribution in [-0.4, -0.2) is 50.4 Å². The van der Waals surface area contributed by atoms with Crippen LogP contribution in [-0.2, 0) is 31.1 Å². The predicted octanol–water partition coefficient (Wildman–Crippen LogP) is 1.83. The first-order chi connectivity index (χ1) is 15.2. The number of nitrogens with zero attached hydrogens (tertiary/aromatic N) is 2.